The predicted molar refractivity (Wildman–Crippen MR) is 115 cm³/mol. The minimum atomic E-state index is -0.705. The van der Waals surface area contributed by atoms with Crippen molar-refractivity contribution in [2.75, 3.05) is 38.2 Å². The molecular weight excluding hydrogens is 398 g/mol. The zero-order valence-corrected chi connectivity index (χ0v) is 17.8. The standard InChI is InChI=1S/C23H27N3O5/c1-16-3-8-20(17(2)13-16)24-23(29)25-21(27)15-31-22(28)19-6-4-18(5-7-19)14-26-9-11-30-12-10-26/h3-8,13H,9-12,14-15H2,1-2H3,(H2,24,25,27,29)/p+1. The maximum Gasteiger partial charge on any atom is 0.338 e. The van der Waals surface area contributed by atoms with Crippen LogP contribution in [0.15, 0.2) is 42.5 Å². The summed E-state index contributed by atoms with van der Waals surface area (Å²) in [6.07, 6.45) is 0. The van der Waals surface area contributed by atoms with Crippen molar-refractivity contribution in [1.29, 1.82) is 0 Å². The van der Waals surface area contributed by atoms with Gasteiger partial charge in [0.2, 0.25) is 0 Å². The first-order valence-corrected chi connectivity index (χ1v) is 10.3. The Morgan fingerprint density at radius 2 is 1.74 bits per heavy atom. The van der Waals surface area contributed by atoms with Crippen LogP contribution in [-0.4, -0.2) is 50.8 Å². The number of ether oxygens (including phenoxy) is 2. The number of quaternary nitrogens is 1. The van der Waals surface area contributed by atoms with Crippen LogP contribution in [0.2, 0.25) is 0 Å². The molecule has 1 aliphatic rings. The minimum absolute atomic E-state index is 0.355. The first-order chi connectivity index (χ1) is 14.9. The molecular formula is C23H28N3O5+. The first kappa shape index (κ1) is 22.5. The highest BCUT2D eigenvalue weighted by Crippen LogP contribution is 2.15. The number of hydrogen-bond acceptors (Lipinski definition) is 5. The number of nitrogens with one attached hydrogen (secondary N) is 3. The average molecular weight is 426 g/mol. The third-order valence-corrected chi connectivity index (χ3v) is 5.06. The summed E-state index contributed by atoms with van der Waals surface area (Å²) in [6.45, 7) is 7.61. The molecule has 1 aliphatic heterocycles. The van der Waals surface area contributed by atoms with Crippen molar-refractivity contribution in [3.8, 4) is 0 Å². The number of urea groups is 1. The molecule has 2 aromatic carbocycles. The highest BCUT2D eigenvalue weighted by Gasteiger charge is 2.16. The van der Waals surface area contributed by atoms with Crippen LogP contribution in [0.4, 0.5) is 10.5 Å². The first-order valence-electron chi connectivity index (χ1n) is 10.3. The molecule has 1 saturated heterocycles. The van der Waals surface area contributed by atoms with Crippen LogP contribution in [0, 0.1) is 13.8 Å². The normalized spacial score (nSPS) is 14.0. The molecule has 0 unspecified atom stereocenters. The second-order valence-corrected chi connectivity index (χ2v) is 7.63. The van der Waals surface area contributed by atoms with E-state index in [-0.39, 0.29) is 0 Å². The average Bonchev–Trinajstić information content (AvgIpc) is 2.75. The van der Waals surface area contributed by atoms with E-state index in [0.29, 0.717) is 11.3 Å². The van der Waals surface area contributed by atoms with E-state index in [1.807, 2.05) is 38.1 Å². The summed E-state index contributed by atoms with van der Waals surface area (Å²) in [5.41, 5.74) is 4.03. The quantitative estimate of drug-likeness (QED) is 0.604. The third-order valence-electron chi connectivity index (χ3n) is 5.06. The lowest BCUT2D eigenvalue weighted by atomic mass is 10.1. The topological polar surface area (TPSA) is 98.2 Å². The molecule has 0 aromatic heterocycles. The van der Waals surface area contributed by atoms with Crippen LogP contribution >= 0.6 is 0 Å². The molecule has 0 atom stereocenters. The molecule has 3 N–H and O–H groups in total. The Morgan fingerprint density at radius 3 is 2.42 bits per heavy atom. The lowest BCUT2D eigenvalue weighted by Gasteiger charge is -2.23. The summed E-state index contributed by atoms with van der Waals surface area (Å²) < 4.78 is 10.4. The van der Waals surface area contributed by atoms with Crippen molar-refractivity contribution in [3.05, 3.63) is 64.7 Å². The van der Waals surface area contributed by atoms with Crippen molar-refractivity contribution in [1.82, 2.24) is 5.32 Å². The third kappa shape index (κ3) is 6.91. The Morgan fingerprint density at radius 1 is 1.03 bits per heavy atom. The second-order valence-electron chi connectivity index (χ2n) is 7.63. The zero-order chi connectivity index (χ0) is 22.2. The van der Waals surface area contributed by atoms with Crippen LogP contribution in [-0.2, 0) is 20.8 Å². The van der Waals surface area contributed by atoms with Crippen LogP contribution in [0.5, 0.6) is 0 Å². The molecule has 3 amide bonds. The molecule has 1 heterocycles. The number of anilines is 1. The van der Waals surface area contributed by atoms with Gasteiger partial charge in [-0.2, -0.15) is 0 Å². The summed E-state index contributed by atoms with van der Waals surface area (Å²) >= 11 is 0. The van der Waals surface area contributed by atoms with Gasteiger partial charge in [0.1, 0.15) is 19.6 Å². The van der Waals surface area contributed by atoms with E-state index in [0.717, 1.165) is 49.5 Å². The second kappa shape index (κ2) is 10.7. The van der Waals surface area contributed by atoms with E-state index in [1.165, 1.54) is 4.90 Å². The summed E-state index contributed by atoms with van der Waals surface area (Å²) in [7, 11) is 0. The number of esters is 1. The minimum Gasteiger partial charge on any atom is -0.452 e. The number of carbonyl (C=O) groups excluding carboxylic acids is 3. The zero-order valence-electron chi connectivity index (χ0n) is 17.8. The molecule has 0 saturated carbocycles. The monoisotopic (exact) mass is 426 g/mol. The number of imide groups is 1. The number of hydrogen-bond donors (Lipinski definition) is 3. The highest BCUT2D eigenvalue weighted by atomic mass is 16.5. The molecule has 0 aliphatic carbocycles. The summed E-state index contributed by atoms with van der Waals surface area (Å²) in [5, 5.41) is 4.76. The van der Waals surface area contributed by atoms with E-state index in [1.54, 1.807) is 18.2 Å². The van der Waals surface area contributed by atoms with Gasteiger partial charge in [0, 0.05) is 11.3 Å². The van der Waals surface area contributed by atoms with Gasteiger partial charge in [-0.25, -0.2) is 9.59 Å². The fraction of sp³-hybridized carbons (Fsp3) is 0.348. The van der Waals surface area contributed by atoms with Crippen molar-refractivity contribution in [2.45, 2.75) is 20.4 Å². The van der Waals surface area contributed by atoms with Crippen molar-refractivity contribution < 1.29 is 28.8 Å². The summed E-state index contributed by atoms with van der Waals surface area (Å²) in [6, 6.07) is 12.0. The van der Waals surface area contributed by atoms with Crippen LogP contribution < -0.4 is 15.5 Å². The Kier molecular flexibility index (Phi) is 7.75. The molecule has 8 nitrogen and oxygen atoms in total. The van der Waals surface area contributed by atoms with E-state index in [9.17, 15) is 14.4 Å². The molecule has 0 bridgehead atoms. The van der Waals surface area contributed by atoms with Crippen LogP contribution in [0.1, 0.15) is 27.0 Å². The van der Waals surface area contributed by atoms with Crippen molar-refractivity contribution >= 4 is 23.6 Å². The molecule has 2 aromatic rings. The summed E-state index contributed by atoms with van der Waals surface area (Å²) in [4.78, 5) is 37.5. The van der Waals surface area contributed by atoms with Gasteiger partial charge in [-0.05, 0) is 37.6 Å². The fourth-order valence-electron chi connectivity index (χ4n) is 3.37. The number of morpholine rings is 1. The number of aryl methyl sites for hydroxylation is 2. The number of amides is 3. The number of benzene rings is 2. The van der Waals surface area contributed by atoms with Crippen molar-refractivity contribution in [3.63, 3.8) is 0 Å². The molecule has 31 heavy (non-hydrogen) atoms. The van der Waals surface area contributed by atoms with E-state index in [4.69, 9.17) is 9.47 Å². The number of carbonyl (C=O) groups is 3. The van der Waals surface area contributed by atoms with Gasteiger partial charge < -0.3 is 19.7 Å². The van der Waals surface area contributed by atoms with Gasteiger partial charge in [0.05, 0.1) is 18.8 Å². The highest BCUT2D eigenvalue weighted by molar-refractivity contribution is 6.02. The molecule has 3 rings (SSSR count). The Bertz CT molecular complexity index is 937. The van der Waals surface area contributed by atoms with E-state index < -0.39 is 24.5 Å². The van der Waals surface area contributed by atoms with Crippen LogP contribution in [0.3, 0.4) is 0 Å². The van der Waals surface area contributed by atoms with Gasteiger partial charge in [-0.3, -0.25) is 10.1 Å². The fourth-order valence-corrected chi connectivity index (χ4v) is 3.37. The van der Waals surface area contributed by atoms with Crippen LogP contribution in [0.25, 0.3) is 0 Å². The molecule has 0 spiro atoms. The van der Waals surface area contributed by atoms with Gasteiger partial charge in [-0.1, -0.05) is 29.8 Å². The smallest absolute Gasteiger partial charge is 0.338 e. The van der Waals surface area contributed by atoms with E-state index in [2.05, 4.69) is 10.6 Å². The Balaban J connectivity index is 1.42. The SMILES string of the molecule is Cc1ccc(NC(=O)NC(=O)COC(=O)c2ccc(C[NH+]3CCOCC3)cc2)c(C)c1. The maximum atomic E-state index is 12.2. The maximum absolute atomic E-state index is 12.2. The van der Waals surface area contributed by atoms with Crippen molar-refractivity contribution in [2.24, 2.45) is 0 Å². The Hall–Kier alpha value is -3.23. The molecule has 8 heteroatoms. The van der Waals surface area contributed by atoms with E-state index >= 15 is 0 Å². The van der Waals surface area contributed by atoms with Gasteiger partial charge in [-0.15, -0.1) is 0 Å². The van der Waals surface area contributed by atoms with Gasteiger partial charge in [0.25, 0.3) is 5.91 Å². The Labute approximate surface area is 181 Å². The largest absolute Gasteiger partial charge is 0.452 e. The number of rotatable bonds is 6. The predicted octanol–water partition coefficient (Wildman–Crippen LogP) is 1.22. The molecule has 1 fully saturated rings. The van der Waals surface area contributed by atoms with Gasteiger partial charge in [0.15, 0.2) is 6.61 Å². The lowest BCUT2D eigenvalue weighted by molar-refractivity contribution is -0.921. The molecule has 164 valence electrons. The van der Waals surface area contributed by atoms with Gasteiger partial charge >= 0.3 is 12.0 Å². The summed E-state index contributed by atoms with van der Waals surface area (Å²) in [5.74, 6) is -1.32. The lowest BCUT2D eigenvalue weighted by Crippen LogP contribution is -3.12. The molecule has 0 radical (unpaired) electrons.